The molecule has 21 heavy (non-hydrogen) atoms. The zero-order valence-electron chi connectivity index (χ0n) is 11.7. The molecule has 0 aliphatic carbocycles. The quantitative estimate of drug-likeness (QED) is 0.917. The summed E-state index contributed by atoms with van der Waals surface area (Å²) in [6.45, 7) is 0.541. The van der Waals surface area contributed by atoms with Crippen LogP contribution in [0.4, 0.5) is 18.9 Å². The van der Waals surface area contributed by atoms with Crippen LogP contribution >= 0.6 is 0 Å². The maximum absolute atomic E-state index is 14.1. The van der Waals surface area contributed by atoms with Gasteiger partial charge in [-0.3, -0.25) is 0 Å². The van der Waals surface area contributed by atoms with E-state index in [1.165, 1.54) is 29.2 Å². The highest BCUT2D eigenvalue weighted by Crippen LogP contribution is 2.25. The van der Waals surface area contributed by atoms with Gasteiger partial charge in [-0.2, -0.15) is 0 Å². The van der Waals surface area contributed by atoms with E-state index in [9.17, 15) is 13.2 Å². The van der Waals surface area contributed by atoms with Crippen LogP contribution in [0.1, 0.15) is 11.1 Å². The van der Waals surface area contributed by atoms with Crippen molar-refractivity contribution in [1.82, 2.24) is 0 Å². The molecule has 0 atom stereocenters. The first-order chi connectivity index (χ1) is 10.0. The summed E-state index contributed by atoms with van der Waals surface area (Å²) in [5.41, 5.74) is 6.42. The Labute approximate surface area is 122 Å². The monoisotopic (exact) mass is 294 g/mol. The van der Waals surface area contributed by atoms with Gasteiger partial charge in [-0.05, 0) is 48.4 Å². The third kappa shape index (κ3) is 3.76. The minimum Gasteiger partial charge on any atom is -0.366 e. The van der Waals surface area contributed by atoms with Gasteiger partial charge in [0.25, 0.3) is 0 Å². The van der Waals surface area contributed by atoms with Crippen molar-refractivity contribution in [3.8, 4) is 0 Å². The van der Waals surface area contributed by atoms with Crippen LogP contribution in [-0.2, 0) is 13.0 Å². The van der Waals surface area contributed by atoms with E-state index in [0.717, 1.165) is 0 Å². The lowest BCUT2D eigenvalue weighted by Gasteiger charge is -2.21. The number of benzene rings is 2. The first kappa shape index (κ1) is 15.4. The SMILES string of the molecule is CN(Cc1cccc(F)c1)c1c(F)cc(CCN)cc1F. The molecule has 0 saturated carbocycles. The summed E-state index contributed by atoms with van der Waals surface area (Å²) in [4.78, 5) is 1.42. The van der Waals surface area contributed by atoms with Gasteiger partial charge in [-0.15, -0.1) is 0 Å². The summed E-state index contributed by atoms with van der Waals surface area (Å²) in [5.74, 6) is -1.66. The van der Waals surface area contributed by atoms with E-state index in [4.69, 9.17) is 5.73 Å². The number of rotatable bonds is 5. The molecule has 0 heterocycles. The van der Waals surface area contributed by atoms with Crippen molar-refractivity contribution >= 4 is 5.69 Å². The molecule has 0 spiro atoms. The van der Waals surface area contributed by atoms with Crippen LogP contribution in [0, 0.1) is 17.5 Å². The van der Waals surface area contributed by atoms with E-state index in [1.54, 1.807) is 19.2 Å². The largest absolute Gasteiger partial charge is 0.366 e. The van der Waals surface area contributed by atoms with Gasteiger partial charge >= 0.3 is 0 Å². The second-order valence-electron chi connectivity index (χ2n) is 4.93. The number of nitrogens with zero attached hydrogens (tertiary/aromatic N) is 1. The first-order valence-electron chi connectivity index (χ1n) is 6.65. The van der Waals surface area contributed by atoms with Crippen LogP contribution in [0.2, 0.25) is 0 Å². The van der Waals surface area contributed by atoms with E-state index in [2.05, 4.69) is 0 Å². The summed E-state index contributed by atoms with van der Waals surface area (Å²) in [5, 5.41) is 0. The Morgan fingerprint density at radius 2 is 1.67 bits per heavy atom. The maximum Gasteiger partial charge on any atom is 0.149 e. The van der Waals surface area contributed by atoms with Crippen molar-refractivity contribution in [2.45, 2.75) is 13.0 Å². The van der Waals surface area contributed by atoms with Gasteiger partial charge in [0.1, 0.15) is 23.1 Å². The summed E-state index contributed by atoms with van der Waals surface area (Å²) in [6.07, 6.45) is 0.418. The van der Waals surface area contributed by atoms with Gasteiger partial charge in [0.05, 0.1) is 0 Å². The van der Waals surface area contributed by atoms with Crippen LogP contribution in [0.15, 0.2) is 36.4 Å². The van der Waals surface area contributed by atoms with Crippen molar-refractivity contribution in [3.63, 3.8) is 0 Å². The number of nitrogens with two attached hydrogens (primary N) is 1. The third-order valence-corrected chi connectivity index (χ3v) is 3.20. The molecule has 0 aromatic heterocycles. The highest BCUT2D eigenvalue weighted by atomic mass is 19.1. The van der Waals surface area contributed by atoms with E-state index >= 15 is 0 Å². The molecule has 2 rings (SSSR count). The molecule has 2 N–H and O–H groups in total. The molecule has 0 bridgehead atoms. The van der Waals surface area contributed by atoms with Crippen LogP contribution < -0.4 is 10.6 Å². The van der Waals surface area contributed by atoms with E-state index in [1.807, 2.05) is 0 Å². The lowest BCUT2D eigenvalue weighted by Crippen LogP contribution is -2.19. The Hall–Kier alpha value is -2.01. The Balaban J connectivity index is 2.24. The Kier molecular flexibility index (Phi) is 4.85. The summed E-state index contributed by atoms with van der Waals surface area (Å²) < 4.78 is 41.3. The van der Waals surface area contributed by atoms with Crippen LogP contribution in [0.3, 0.4) is 0 Å². The Bertz CT molecular complexity index is 606. The van der Waals surface area contributed by atoms with E-state index < -0.39 is 11.6 Å². The number of hydrogen-bond donors (Lipinski definition) is 1. The van der Waals surface area contributed by atoms with Crippen molar-refractivity contribution in [3.05, 3.63) is 65.0 Å². The summed E-state index contributed by atoms with van der Waals surface area (Å²) in [6, 6.07) is 8.51. The standard InChI is InChI=1S/C16H17F3N2/c1-21(10-12-3-2-4-13(17)7-12)16-14(18)8-11(5-6-20)9-15(16)19/h2-4,7-9H,5-6,10,20H2,1H3. The van der Waals surface area contributed by atoms with Crippen molar-refractivity contribution in [1.29, 1.82) is 0 Å². The average Bonchev–Trinajstić information content (AvgIpc) is 2.38. The molecule has 0 aliphatic heterocycles. The van der Waals surface area contributed by atoms with Gasteiger partial charge < -0.3 is 10.6 Å². The van der Waals surface area contributed by atoms with Crippen LogP contribution in [-0.4, -0.2) is 13.6 Å². The predicted molar refractivity (Wildman–Crippen MR) is 77.6 cm³/mol. The van der Waals surface area contributed by atoms with Gasteiger partial charge in [0.15, 0.2) is 0 Å². The molecule has 0 radical (unpaired) electrons. The molecule has 2 nitrogen and oxygen atoms in total. The molecule has 0 saturated heterocycles. The molecule has 2 aromatic rings. The zero-order valence-corrected chi connectivity index (χ0v) is 11.7. The van der Waals surface area contributed by atoms with Crippen molar-refractivity contribution < 1.29 is 13.2 Å². The number of hydrogen-bond acceptors (Lipinski definition) is 2. The Morgan fingerprint density at radius 3 is 2.24 bits per heavy atom. The fourth-order valence-corrected chi connectivity index (χ4v) is 2.28. The Morgan fingerprint density at radius 1 is 1.00 bits per heavy atom. The van der Waals surface area contributed by atoms with Gasteiger partial charge in [-0.1, -0.05) is 12.1 Å². The minimum atomic E-state index is -0.641. The second kappa shape index (κ2) is 6.63. The molecule has 0 amide bonds. The minimum absolute atomic E-state index is 0.125. The second-order valence-corrected chi connectivity index (χ2v) is 4.93. The fraction of sp³-hybridized carbons (Fsp3) is 0.250. The van der Waals surface area contributed by atoms with Gasteiger partial charge in [0.2, 0.25) is 0 Å². The van der Waals surface area contributed by atoms with E-state index in [-0.39, 0.29) is 18.0 Å². The summed E-state index contributed by atoms with van der Waals surface area (Å²) >= 11 is 0. The topological polar surface area (TPSA) is 29.3 Å². The lowest BCUT2D eigenvalue weighted by atomic mass is 10.1. The molecule has 0 unspecified atom stereocenters. The molecule has 5 heteroatoms. The highest BCUT2D eigenvalue weighted by Gasteiger charge is 2.15. The van der Waals surface area contributed by atoms with Crippen LogP contribution in [0.25, 0.3) is 0 Å². The maximum atomic E-state index is 14.1. The van der Waals surface area contributed by atoms with E-state index in [0.29, 0.717) is 24.1 Å². The van der Waals surface area contributed by atoms with Crippen molar-refractivity contribution in [2.75, 3.05) is 18.5 Å². The fourth-order valence-electron chi connectivity index (χ4n) is 2.28. The van der Waals surface area contributed by atoms with Gasteiger partial charge in [-0.25, -0.2) is 13.2 Å². The third-order valence-electron chi connectivity index (χ3n) is 3.20. The molecule has 0 aliphatic rings. The average molecular weight is 294 g/mol. The normalized spacial score (nSPS) is 10.7. The smallest absolute Gasteiger partial charge is 0.149 e. The molecular weight excluding hydrogens is 277 g/mol. The van der Waals surface area contributed by atoms with Crippen LogP contribution in [0.5, 0.6) is 0 Å². The molecule has 0 fully saturated rings. The summed E-state index contributed by atoms with van der Waals surface area (Å²) in [7, 11) is 1.56. The van der Waals surface area contributed by atoms with Crippen molar-refractivity contribution in [2.24, 2.45) is 5.73 Å². The van der Waals surface area contributed by atoms with Gasteiger partial charge in [0, 0.05) is 13.6 Å². The molecule has 112 valence electrons. The number of anilines is 1. The zero-order chi connectivity index (χ0) is 15.4. The first-order valence-corrected chi connectivity index (χ1v) is 6.65. The highest BCUT2D eigenvalue weighted by molar-refractivity contribution is 5.50. The molecular formula is C16H17F3N2. The number of halogens is 3. The lowest BCUT2D eigenvalue weighted by molar-refractivity contribution is 0.573. The molecule has 2 aromatic carbocycles. The predicted octanol–water partition coefficient (Wildman–Crippen LogP) is 3.24.